The normalized spacial score (nSPS) is 17.8. The molecule has 0 atom stereocenters. The molecule has 4 rings (SSSR count). The second kappa shape index (κ2) is 9.01. The molecule has 0 radical (unpaired) electrons. The zero-order valence-corrected chi connectivity index (χ0v) is 18.9. The average molecular weight is 459 g/mol. The number of hydrogen-bond acceptors (Lipinski definition) is 7. The van der Waals surface area contributed by atoms with Gasteiger partial charge in [0.2, 0.25) is 0 Å². The third kappa shape index (κ3) is 4.80. The minimum absolute atomic E-state index is 0.00854. The first-order valence-corrected chi connectivity index (χ1v) is 10.7. The van der Waals surface area contributed by atoms with Gasteiger partial charge in [-0.3, -0.25) is 9.79 Å². The molecule has 176 valence electrons. The van der Waals surface area contributed by atoms with Crippen molar-refractivity contribution in [2.75, 3.05) is 18.0 Å². The van der Waals surface area contributed by atoms with E-state index in [0.717, 1.165) is 11.3 Å². The maximum atomic E-state index is 12.8. The van der Waals surface area contributed by atoms with Gasteiger partial charge >= 0.3 is 6.61 Å². The SMILES string of the molecule is C=N/C(=C\C=C(C)C)c1noc(C)c1Cn1ncc(N2CC3(CC(OC(F)F)C3)C2)cc1=O. The van der Waals surface area contributed by atoms with Gasteiger partial charge in [0.1, 0.15) is 11.5 Å². The maximum Gasteiger partial charge on any atom is 0.345 e. The van der Waals surface area contributed by atoms with Crippen LogP contribution < -0.4 is 10.5 Å². The lowest BCUT2D eigenvalue weighted by Crippen LogP contribution is -2.64. The highest BCUT2D eigenvalue weighted by Crippen LogP contribution is 2.50. The molecule has 0 N–H and O–H groups in total. The molecule has 0 amide bonds. The van der Waals surface area contributed by atoms with Crippen molar-refractivity contribution in [1.82, 2.24) is 14.9 Å². The average Bonchev–Trinajstić information content (AvgIpc) is 3.05. The molecule has 3 heterocycles. The van der Waals surface area contributed by atoms with Crippen LogP contribution in [0.2, 0.25) is 0 Å². The highest BCUT2D eigenvalue weighted by Gasteiger charge is 2.53. The number of alkyl halides is 2. The zero-order chi connectivity index (χ0) is 23.8. The van der Waals surface area contributed by atoms with Crippen molar-refractivity contribution in [2.45, 2.75) is 52.9 Å². The van der Waals surface area contributed by atoms with Crippen molar-refractivity contribution in [1.29, 1.82) is 0 Å². The van der Waals surface area contributed by atoms with Gasteiger partial charge in [0, 0.05) is 30.1 Å². The molecule has 0 unspecified atom stereocenters. The summed E-state index contributed by atoms with van der Waals surface area (Å²) in [5.41, 5.74) is 3.35. The summed E-state index contributed by atoms with van der Waals surface area (Å²) in [7, 11) is 0. The van der Waals surface area contributed by atoms with Crippen molar-refractivity contribution in [3.63, 3.8) is 0 Å². The van der Waals surface area contributed by atoms with Gasteiger partial charge in [-0.1, -0.05) is 16.8 Å². The molecular weight excluding hydrogens is 432 g/mol. The number of nitrogens with zero attached hydrogens (tertiary/aromatic N) is 5. The van der Waals surface area contributed by atoms with Gasteiger partial charge in [0.15, 0.2) is 0 Å². The number of ether oxygens (including phenoxy) is 1. The molecule has 1 saturated carbocycles. The lowest BCUT2D eigenvalue weighted by molar-refractivity contribution is -0.211. The number of aliphatic imine (C=N–C) groups is 1. The van der Waals surface area contributed by atoms with Crippen LogP contribution in [0.15, 0.2) is 44.3 Å². The molecule has 33 heavy (non-hydrogen) atoms. The smallest absolute Gasteiger partial charge is 0.345 e. The Bertz CT molecular complexity index is 1150. The predicted octanol–water partition coefficient (Wildman–Crippen LogP) is 3.80. The fourth-order valence-electron chi connectivity index (χ4n) is 4.45. The second-order valence-electron chi connectivity index (χ2n) is 9.01. The first-order valence-electron chi connectivity index (χ1n) is 10.7. The van der Waals surface area contributed by atoms with Crippen molar-refractivity contribution in [3.8, 4) is 0 Å². The summed E-state index contributed by atoms with van der Waals surface area (Å²) in [6.07, 6.45) is 6.22. The van der Waals surface area contributed by atoms with E-state index in [1.165, 1.54) is 4.68 Å². The summed E-state index contributed by atoms with van der Waals surface area (Å²) < 4.78 is 35.9. The molecule has 8 nitrogen and oxygen atoms in total. The van der Waals surface area contributed by atoms with E-state index in [0.29, 0.717) is 48.6 Å². The van der Waals surface area contributed by atoms with Gasteiger partial charge in [-0.25, -0.2) is 4.68 Å². The Balaban J connectivity index is 1.45. The van der Waals surface area contributed by atoms with Crippen molar-refractivity contribution in [2.24, 2.45) is 10.4 Å². The third-order valence-electron chi connectivity index (χ3n) is 6.17. The standard InChI is InChI=1S/C23H27F2N5O3/c1-14(2)5-6-19(26-4)21-18(15(3)33-28-21)11-30-20(31)7-16(10-27-30)29-12-23(13-29)8-17(9-23)32-22(24)25/h5-7,10,17,22H,4,8-9,11-13H2,1-3H3/b19-6-. The van der Waals surface area contributed by atoms with E-state index in [9.17, 15) is 13.6 Å². The van der Waals surface area contributed by atoms with Gasteiger partial charge in [0.05, 0.1) is 30.2 Å². The van der Waals surface area contributed by atoms with Gasteiger partial charge in [-0.15, -0.1) is 0 Å². The zero-order valence-electron chi connectivity index (χ0n) is 18.9. The fourth-order valence-corrected chi connectivity index (χ4v) is 4.45. The van der Waals surface area contributed by atoms with Gasteiger partial charge in [-0.2, -0.15) is 13.9 Å². The van der Waals surface area contributed by atoms with Crippen LogP contribution in [0.1, 0.15) is 43.7 Å². The van der Waals surface area contributed by atoms with Crippen LogP contribution >= 0.6 is 0 Å². The van der Waals surface area contributed by atoms with Crippen LogP contribution in [-0.2, 0) is 11.3 Å². The van der Waals surface area contributed by atoms with Crippen molar-refractivity contribution < 1.29 is 18.0 Å². The van der Waals surface area contributed by atoms with E-state index in [1.807, 2.05) is 24.8 Å². The van der Waals surface area contributed by atoms with E-state index >= 15 is 0 Å². The highest BCUT2D eigenvalue weighted by atomic mass is 19.3. The number of rotatable bonds is 8. The van der Waals surface area contributed by atoms with E-state index < -0.39 is 6.61 Å². The number of halogens is 2. The Morgan fingerprint density at radius 3 is 2.73 bits per heavy atom. The topological polar surface area (TPSA) is 85.8 Å². The van der Waals surface area contributed by atoms with Crippen molar-refractivity contribution >= 4 is 18.1 Å². The molecule has 1 aliphatic carbocycles. The largest absolute Gasteiger partial charge is 0.369 e. The minimum Gasteiger partial charge on any atom is -0.369 e. The van der Waals surface area contributed by atoms with Crippen LogP contribution in [0.4, 0.5) is 14.5 Å². The van der Waals surface area contributed by atoms with Crippen LogP contribution in [0, 0.1) is 12.3 Å². The molecule has 2 aromatic rings. The first kappa shape index (κ1) is 23.0. The Labute approximate surface area is 190 Å². The van der Waals surface area contributed by atoms with Gasteiger partial charge in [0.25, 0.3) is 5.56 Å². The lowest BCUT2D eigenvalue weighted by Gasteiger charge is -2.59. The molecule has 10 heteroatoms. The van der Waals surface area contributed by atoms with E-state index in [2.05, 4.69) is 26.7 Å². The van der Waals surface area contributed by atoms with Gasteiger partial charge < -0.3 is 14.2 Å². The van der Waals surface area contributed by atoms with E-state index in [4.69, 9.17) is 4.52 Å². The summed E-state index contributed by atoms with van der Waals surface area (Å²) in [5.74, 6) is 0.574. The molecule has 2 aromatic heterocycles. The summed E-state index contributed by atoms with van der Waals surface area (Å²) in [6.45, 7) is 8.20. The minimum atomic E-state index is -2.73. The van der Waals surface area contributed by atoms with E-state index in [1.54, 1.807) is 25.3 Å². The fraction of sp³-hybridized carbons (Fsp3) is 0.478. The molecular formula is C23H27F2N5O3. The van der Waals surface area contributed by atoms with Crippen LogP contribution in [0.3, 0.4) is 0 Å². The number of aromatic nitrogens is 3. The number of hydrogen-bond donors (Lipinski definition) is 0. The number of aryl methyl sites for hydroxylation is 1. The molecule has 0 aromatic carbocycles. The van der Waals surface area contributed by atoms with Gasteiger partial charge in [-0.05, 0) is 46.4 Å². The summed E-state index contributed by atoms with van der Waals surface area (Å²) in [5, 5.41) is 8.43. The number of anilines is 1. The highest BCUT2D eigenvalue weighted by molar-refractivity contribution is 5.69. The monoisotopic (exact) mass is 459 g/mol. The lowest BCUT2D eigenvalue weighted by atomic mass is 9.61. The Kier molecular flexibility index (Phi) is 6.29. The Hall–Kier alpha value is -3.14. The van der Waals surface area contributed by atoms with Crippen molar-refractivity contribution in [3.05, 3.63) is 57.4 Å². The quantitative estimate of drug-likeness (QED) is 0.441. The van der Waals surface area contributed by atoms with E-state index in [-0.39, 0.29) is 23.6 Å². The van der Waals surface area contributed by atoms with Crippen LogP contribution in [0.5, 0.6) is 0 Å². The molecule has 1 saturated heterocycles. The summed E-state index contributed by atoms with van der Waals surface area (Å²) in [4.78, 5) is 18.9. The molecule has 1 aliphatic heterocycles. The maximum absolute atomic E-state index is 12.8. The summed E-state index contributed by atoms with van der Waals surface area (Å²) in [6, 6.07) is 1.54. The number of allylic oxidation sites excluding steroid dienone is 3. The molecule has 0 bridgehead atoms. The predicted molar refractivity (Wildman–Crippen MR) is 121 cm³/mol. The Morgan fingerprint density at radius 1 is 1.39 bits per heavy atom. The first-order chi connectivity index (χ1) is 15.7. The molecule has 1 spiro atoms. The van der Waals surface area contributed by atoms with Crippen LogP contribution in [0.25, 0.3) is 5.70 Å². The second-order valence-corrected chi connectivity index (χ2v) is 9.01. The summed E-state index contributed by atoms with van der Waals surface area (Å²) >= 11 is 0. The Morgan fingerprint density at radius 2 is 2.12 bits per heavy atom. The molecule has 2 fully saturated rings. The molecule has 2 aliphatic rings. The van der Waals surface area contributed by atoms with Crippen LogP contribution in [-0.4, -0.2) is 47.5 Å². The third-order valence-corrected chi connectivity index (χ3v) is 6.17.